The summed E-state index contributed by atoms with van der Waals surface area (Å²) >= 11 is 0. The molecule has 2 aromatic rings. The molecule has 1 atom stereocenters. The van der Waals surface area contributed by atoms with Crippen molar-refractivity contribution in [2.45, 2.75) is 32.2 Å². The smallest absolute Gasteiger partial charge is 0.235 e. The summed E-state index contributed by atoms with van der Waals surface area (Å²) in [5.41, 5.74) is 2.62. The first-order valence-corrected chi connectivity index (χ1v) is 6.37. The van der Waals surface area contributed by atoms with Crippen LogP contribution in [0.15, 0.2) is 28.8 Å². The fourth-order valence-corrected chi connectivity index (χ4v) is 2.34. The highest BCUT2D eigenvalue weighted by Gasteiger charge is 2.26. The van der Waals surface area contributed by atoms with Crippen LogP contribution in [0.1, 0.15) is 48.5 Å². The highest BCUT2D eigenvalue weighted by molar-refractivity contribution is 5.35. The lowest BCUT2D eigenvalue weighted by molar-refractivity contribution is 0.351. The van der Waals surface area contributed by atoms with E-state index >= 15 is 0 Å². The van der Waals surface area contributed by atoms with Crippen molar-refractivity contribution >= 4 is 0 Å². The maximum atomic E-state index is 5.42. The molecule has 0 spiro atoms. The number of nitrogens with one attached hydrogen (secondary N) is 1. The standard InChI is InChI=1S/C14H17N3O/c1-9(2)13-16-14(18-17-13)12-8-15-7-10-5-3-4-6-11(10)12/h3-6,9,12,15H,7-8H2,1-2H3. The van der Waals surface area contributed by atoms with E-state index in [-0.39, 0.29) is 5.92 Å². The fraction of sp³-hybridized carbons (Fsp3) is 0.429. The molecule has 1 aromatic heterocycles. The van der Waals surface area contributed by atoms with Crippen molar-refractivity contribution in [2.75, 3.05) is 6.54 Å². The molecule has 0 bridgehead atoms. The van der Waals surface area contributed by atoms with E-state index in [1.165, 1.54) is 11.1 Å². The summed E-state index contributed by atoms with van der Waals surface area (Å²) in [6.07, 6.45) is 0. The fourth-order valence-electron chi connectivity index (χ4n) is 2.34. The van der Waals surface area contributed by atoms with Crippen LogP contribution in [0.2, 0.25) is 0 Å². The minimum atomic E-state index is 0.176. The summed E-state index contributed by atoms with van der Waals surface area (Å²) in [6.45, 7) is 5.91. The first-order valence-electron chi connectivity index (χ1n) is 6.37. The number of fused-ring (bicyclic) bond motifs is 1. The molecule has 0 fully saturated rings. The summed E-state index contributed by atoms with van der Waals surface area (Å²) in [6, 6.07) is 8.43. The number of hydrogen-bond acceptors (Lipinski definition) is 4. The van der Waals surface area contributed by atoms with E-state index in [9.17, 15) is 0 Å². The van der Waals surface area contributed by atoms with Gasteiger partial charge in [0.25, 0.3) is 0 Å². The van der Waals surface area contributed by atoms with E-state index in [2.05, 4.69) is 53.6 Å². The monoisotopic (exact) mass is 243 g/mol. The lowest BCUT2D eigenvalue weighted by Crippen LogP contribution is -2.28. The second-order valence-electron chi connectivity index (χ2n) is 5.03. The third-order valence-electron chi connectivity index (χ3n) is 3.37. The maximum absolute atomic E-state index is 5.42. The SMILES string of the molecule is CC(C)c1noc(C2CNCc3ccccc32)n1. The van der Waals surface area contributed by atoms with Gasteiger partial charge in [-0.25, -0.2) is 0 Å². The molecule has 0 saturated carbocycles. The number of aromatic nitrogens is 2. The predicted molar refractivity (Wildman–Crippen MR) is 68.4 cm³/mol. The Balaban J connectivity index is 1.97. The minimum absolute atomic E-state index is 0.176. The number of hydrogen-bond donors (Lipinski definition) is 1. The van der Waals surface area contributed by atoms with Crippen molar-refractivity contribution in [3.05, 3.63) is 47.1 Å². The summed E-state index contributed by atoms with van der Waals surface area (Å²) in [5, 5.41) is 7.45. The molecule has 3 rings (SSSR count). The summed E-state index contributed by atoms with van der Waals surface area (Å²) in [7, 11) is 0. The molecule has 0 amide bonds. The Kier molecular flexibility index (Phi) is 2.88. The van der Waals surface area contributed by atoms with E-state index in [4.69, 9.17) is 4.52 Å². The van der Waals surface area contributed by atoms with Crippen LogP contribution in [-0.4, -0.2) is 16.7 Å². The average molecular weight is 243 g/mol. The number of nitrogens with zero attached hydrogens (tertiary/aromatic N) is 2. The third-order valence-corrected chi connectivity index (χ3v) is 3.37. The predicted octanol–water partition coefficient (Wildman–Crippen LogP) is 2.43. The minimum Gasteiger partial charge on any atom is -0.339 e. The molecule has 1 aliphatic heterocycles. The molecular formula is C14H17N3O. The van der Waals surface area contributed by atoms with Crippen LogP contribution in [0.3, 0.4) is 0 Å². The van der Waals surface area contributed by atoms with Crippen LogP contribution >= 0.6 is 0 Å². The largest absolute Gasteiger partial charge is 0.339 e. The van der Waals surface area contributed by atoms with Gasteiger partial charge in [0.15, 0.2) is 5.82 Å². The molecule has 18 heavy (non-hydrogen) atoms. The molecule has 4 heteroatoms. The second-order valence-corrected chi connectivity index (χ2v) is 5.03. The van der Waals surface area contributed by atoms with Gasteiger partial charge in [0.1, 0.15) is 0 Å². The first kappa shape index (κ1) is 11.4. The molecule has 1 aromatic carbocycles. The molecular weight excluding hydrogens is 226 g/mol. The third kappa shape index (κ3) is 1.93. The van der Waals surface area contributed by atoms with E-state index < -0.39 is 0 Å². The van der Waals surface area contributed by atoms with E-state index in [1.807, 2.05) is 0 Å². The van der Waals surface area contributed by atoms with Crippen molar-refractivity contribution in [2.24, 2.45) is 0 Å². The van der Waals surface area contributed by atoms with Gasteiger partial charge >= 0.3 is 0 Å². The van der Waals surface area contributed by atoms with Gasteiger partial charge in [0.05, 0.1) is 5.92 Å². The number of rotatable bonds is 2. The van der Waals surface area contributed by atoms with Crippen LogP contribution in [0.25, 0.3) is 0 Å². The summed E-state index contributed by atoms with van der Waals surface area (Å²) in [4.78, 5) is 4.51. The Morgan fingerprint density at radius 3 is 2.94 bits per heavy atom. The number of benzene rings is 1. The van der Waals surface area contributed by atoms with Crippen LogP contribution < -0.4 is 5.32 Å². The Hall–Kier alpha value is -1.68. The normalized spacial score (nSPS) is 18.9. The molecule has 1 unspecified atom stereocenters. The highest BCUT2D eigenvalue weighted by atomic mass is 16.5. The van der Waals surface area contributed by atoms with Gasteiger partial charge in [-0.15, -0.1) is 0 Å². The summed E-state index contributed by atoms with van der Waals surface area (Å²) < 4.78 is 5.42. The molecule has 94 valence electrons. The Morgan fingerprint density at radius 2 is 2.17 bits per heavy atom. The lowest BCUT2D eigenvalue weighted by Gasteiger charge is -2.23. The molecule has 0 aliphatic carbocycles. The quantitative estimate of drug-likeness (QED) is 0.880. The molecule has 0 saturated heterocycles. The van der Waals surface area contributed by atoms with Crippen LogP contribution in [0.4, 0.5) is 0 Å². The Morgan fingerprint density at radius 1 is 1.33 bits per heavy atom. The van der Waals surface area contributed by atoms with Gasteiger partial charge in [-0.3, -0.25) is 0 Å². The van der Waals surface area contributed by atoms with E-state index in [0.717, 1.165) is 24.8 Å². The van der Waals surface area contributed by atoms with Gasteiger partial charge in [0, 0.05) is 19.0 Å². The van der Waals surface area contributed by atoms with Gasteiger partial charge in [-0.1, -0.05) is 43.3 Å². The zero-order valence-electron chi connectivity index (χ0n) is 10.7. The zero-order valence-corrected chi connectivity index (χ0v) is 10.7. The van der Waals surface area contributed by atoms with Gasteiger partial charge in [-0.2, -0.15) is 4.98 Å². The second kappa shape index (κ2) is 4.53. The van der Waals surface area contributed by atoms with Crippen LogP contribution in [-0.2, 0) is 6.54 Å². The Bertz CT molecular complexity index is 547. The van der Waals surface area contributed by atoms with Gasteiger partial charge < -0.3 is 9.84 Å². The molecule has 4 nitrogen and oxygen atoms in total. The van der Waals surface area contributed by atoms with E-state index in [1.54, 1.807) is 0 Å². The first-order chi connectivity index (χ1) is 8.75. The van der Waals surface area contributed by atoms with Crippen molar-refractivity contribution < 1.29 is 4.52 Å². The van der Waals surface area contributed by atoms with E-state index in [0.29, 0.717) is 5.92 Å². The molecule has 1 N–H and O–H groups in total. The topological polar surface area (TPSA) is 51.0 Å². The lowest BCUT2D eigenvalue weighted by atomic mass is 9.91. The van der Waals surface area contributed by atoms with Crippen molar-refractivity contribution in [3.63, 3.8) is 0 Å². The average Bonchev–Trinajstić information content (AvgIpc) is 2.87. The van der Waals surface area contributed by atoms with Crippen LogP contribution in [0.5, 0.6) is 0 Å². The van der Waals surface area contributed by atoms with Gasteiger partial charge in [-0.05, 0) is 11.1 Å². The van der Waals surface area contributed by atoms with Crippen LogP contribution in [0, 0.1) is 0 Å². The highest BCUT2D eigenvalue weighted by Crippen LogP contribution is 2.29. The molecule has 0 radical (unpaired) electrons. The maximum Gasteiger partial charge on any atom is 0.235 e. The van der Waals surface area contributed by atoms with Crippen molar-refractivity contribution in [1.82, 2.24) is 15.5 Å². The Labute approximate surface area is 106 Å². The van der Waals surface area contributed by atoms with Gasteiger partial charge in [0.2, 0.25) is 5.89 Å². The van der Waals surface area contributed by atoms with Crippen molar-refractivity contribution in [1.29, 1.82) is 0 Å². The molecule has 2 heterocycles. The zero-order chi connectivity index (χ0) is 12.5. The van der Waals surface area contributed by atoms with Crippen molar-refractivity contribution in [3.8, 4) is 0 Å². The summed E-state index contributed by atoms with van der Waals surface area (Å²) in [5.74, 6) is 1.98. The molecule has 1 aliphatic rings.